The summed E-state index contributed by atoms with van der Waals surface area (Å²) >= 11 is 11.9. The summed E-state index contributed by atoms with van der Waals surface area (Å²) in [5.74, 6) is 0.984. The first-order valence-corrected chi connectivity index (χ1v) is 9.23. The van der Waals surface area contributed by atoms with E-state index in [0.29, 0.717) is 16.5 Å². The highest BCUT2D eigenvalue weighted by Crippen LogP contribution is 2.23. The number of hydrogen-bond donors (Lipinski definition) is 1. The van der Waals surface area contributed by atoms with E-state index >= 15 is 0 Å². The molecule has 0 saturated carbocycles. The Hall–Kier alpha value is -0.770. The van der Waals surface area contributed by atoms with Crippen molar-refractivity contribution in [1.29, 1.82) is 0 Å². The Morgan fingerprint density at radius 1 is 1.26 bits per heavy atom. The summed E-state index contributed by atoms with van der Waals surface area (Å²) in [5.41, 5.74) is 1.12. The lowest BCUT2D eigenvalue weighted by Gasteiger charge is -2.30. The molecule has 0 aromatic heterocycles. The van der Waals surface area contributed by atoms with Crippen molar-refractivity contribution in [3.05, 3.63) is 33.8 Å². The number of aryl methyl sites for hydroxylation is 1. The molecule has 1 fully saturated rings. The first kappa shape index (κ1) is 18.6. The number of piperidine rings is 1. The van der Waals surface area contributed by atoms with E-state index in [1.54, 1.807) is 6.07 Å². The summed E-state index contributed by atoms with van der Waals surface area (Å²) in [6.07, 6.45) is 4.77. The largest absolute Gasteiger partial charge is 0.355 e. The third-order valence-electron chi connectivity index (χ3n) is 4.48. The van der Waals surface area contributed by atoms with Crippen LogP contribution in [0.5, 0.6) is 0 Å². The summed E-state index contributed by atoms with van der Waals surface area (Å²) in [6.45, 7) is 6.35. The molecule has 1 aliphatic heterocycles. The fraction of sp³-hybridized carbons (Fsp3) is 0.611. The van der Waals surface area contributed by atoms with Gasteiger partial charge in [-0.1, -0.05) is 36.2 Å². The Morgan fingerprint density at radius 2 is 2.00 bits per heavy atom. The minimum Gasteiger partial charge on any atom is -0.355 e. The van der Waals surface area contributed by atoms with Crippen LogP contribution in [-0.2, 0) is 11.2 Å². The Bertz CT molecular complexity index is 514. The molecule has 1 amide bonds. The smallest absolute Gasteiger partial charge is 0.220 e. The summed E-state index contributed by atoms with van der Waals surface area (Å²) in [7, 11) is 0. The van der Waals surface area contributed by atoms with E-state index in [1.807, 2.05) is 12.1 Å². The standard InChI is InChI=1S/C18H26Cl2N2O/c1-14-7-10-22(11-8-14)12-9-21-18(23)4-2-3-15-5-6-16(19)17(20)13-15/h5-6,13-14H,2-4,7-12H2,1H3,(H,21,23). The van der Waals surface area contributed by atoms with E-state index in [4.69, 9.17) is 23.2 Å². The van der Waals surface area contributed by atoms with Crippen LogP contribution in [0, 0.1) is 5.92 Å². The molecule has 0 radical (unpaired) electrons. The second-order valence-corrected chi connectivity index (χ2v) is 7.29. The van der Waals surface area contributed by atoms with Crippen LogP contribution in [0.1, 0.15) is 38.2 Å². The molecule has 0 unspecified atom stereocenters. The van der Waals surface area contributed by atoms with Crippen molar-refractivity contribution in [2.24, 2.45) is 5.92 Å². The highest BCUT2D eigenvalue weighted by Gasteiger charge is 2.15. The zero-order chi connectivity index (χ0) is 16.7. The Balaban J connectivity index is 1.57. The van der Waals surface area contributed by atoms with Gasteiger partial charge in [0.2, 0.25) is 5.91 Å². The van der Waals surface area contributed by atoms with Crippen LogP contribution >= 0.6 is 23.2 Å². The molecule has 128 valence electrons. The number of nitrogens with one attached hydrogen (secondary N) is 1. The van der Waals surface area contributed by atoms with Crippen molar-refractivity contribution in [2.75, 3.05) is 26.2 Å². The number of amides is 1. The predicted octanol–water partition coefficient (Wildman–Crippen LogP) is 4.16. The third-order valence-corrected chi connectivity index (χ3v) is 5.22. The Kier molecular flexibility index (Phi) is 7.68. The van der Waals surface area contributed by atoms with Crippen molar-refractivity contribution in [1.82, 2.24) is 10.2 Å². The average Bonchev–Trinajstić information content (AvgIpc) is 2.53. The molecule has 0 bridgehead atoms. The second-order valence-electron chi connectivity index (χ2n) is 6.48. The van der Waals surface area contributed by atoms with Crippen LogP contribution in [-0.4, -0.2) is 37.0 Å². The first-order chi connectivity index (χ1) is 11.0. The topological polar surface area (TPSA) is 32.3 Å². The third kappa shape index (κ3) is 6.70. The maximum Gasteiger partial charge on any atom is 0.220 e. The van der Waals surface area contributed by atoms with Gasteiger partial charge in [0.05, 0.1) is 10.0 Å². The van der Waals surface area contributed by atoms with E-state index in [-0.39, 0.29) is 5.91 Å². The lowest BCUT2D eigenvalue weighted by molar-refractivity contribution is -0.121. The molecule has 1 heterocycles. The van der Waals surface area contributed by atoms with Crippen molar-refractivity contribution in [3.8, 4) is 0 Å². The van der Waals surface area contributed by atoms with E-state index in [9.17, 15) is 4.79 Å². The number of carbonyl (C=O) groups is 1. The van der Waals surface area contributed by atoms with Gasteiger partial charge in [-0.25, -0.2) is 0 Å². The molecule has 2 rings (SSSR count). The number of likely N-dealkylation sites (tertiary alicyclic amines) is 1. The van der Waals surface area contributed by atoms with Crippen molar-refractivity contribution < 1.29 is 4.79 Å². The van der Waals surface area contributed by atoms with Gasteiger partial charge in [0, 0.05) is 19.5 Å². The van der Waals surface area contributed by atoms with Crippen molar-refractivity contribution >= 4 is 29.1 Å². The Labute approximate surface area is 149 Å². The lowest BCUT2D eigenvalue weighted by Crippen LogP contribution is -2.39. The van der Waals surface area contributed by atoms with E-state index in [2.05, 4.69) is 17.1 Å². The quantitative estimate of drug-likeness (QED) is 0.795. The van der Waals surface area contributed by atoms with Gasteiger partial charge in [0.25, 0.3) is 0 Å². The van der Waals surface area contributed by atoms with Gasteiger partial charge in [-0.15, -0.1) is 0 Å². The van der Waals surface area contributed by atoms with Crippen LogP contribution in [0.3, 0.4) is 0 Å². The van der Waals surface area contributed by atoms with E-state index < -0.39 is 0 Å². The molecule has 5 heteroatoms. The molecule has 3 nitrogen and oxygen atoms in total. The molecule has 1 aliphatic rings. The number of carbonyl (C=O) groups excluding carboxylic acids is 1. The maximum atomic E-state index is 11.9. The van der Waals surface area contributed by atoms with E-state index in [1.165, 1.54) is 12.8 Å². The fourth-order valence-electron chi connectivity index (χ4n) is 2.88. The van der Waals surface area contributed by atoms with Crippen LogP contribution in [0.15, 0.2) is 18.2 Å². The van der Waals surface area contributed by atoms with Gasteiger partial charge in [-0.2, -0.15) is 0 Å². The second kappa shape index (κ2) is 9.51. The predicted molar refractivity (Wildman–Crippen MR) is 97.2 cm³/mol. The molecule has 1 N–H and O–H groups in total. The number of rotatable bonds is 7. The van der Waals surface area contributed by atoms with Gasteiger partial charge >= 0.3 is 0 Å². The molecule has 0 atom stereocenters. The average molecular weight is 357 g/mol. The number of halogens is 2. The molecule has 23 heavy (non-hydrogen) atoms. The molecule has 0 spiro atoms. The molecule has 1 saturated heterocycles. The highest BCUT2D eigenvalue weighted by molar-refractivity contribution is 6.42. The van der Waals surface area contributed by atoms with Crippen LogP contribution in [0.4, 0.5) is 0 Å². The van der Waals surface area contributed by atoms with Gasteiger partial charge < -0.3 is 10.2 Å². The van der Waals surface area contributed by atoms with Crippen molar-refractivity contribution in [3.63, 3.8) is 0 Å². The van der Waals surface area contributed by atoms with Crippen LogP contribution in [0.2, 0.25) is 10.0 Å². The molecule has 1 aromatic carbocycles. The Morgan fingerprint density at radius 3 is 2.70 bits per heavy atom. The fourth-order valence-corrected chi connectivity index (χ4v) is 3.20. The van der Waals surface area contributed by atoms with Crippen LogP contribution < -0.4 is 5.32 Å². The minimum absolute atomic E-state index is 0.135. The minimum atomic E-state index is 0.135. The normalized spacial score (nSPS) is 16.5. The summed E-state index contributed by atoms with van der Waals surface area (Å²) in [4.78, 5) is 14.3. The SMILES string of the molecule is CC1CCN(CCNC(=O)CCCc2ccc(Cl)c(Cl)c2)CC1. The number of hydrogen-bond acceptors (Lipinski definition) is 2. The van der Waals surface area contributed by atoms with Gasteiger partial charge in [-0.05, 0) is 62.4 Å². The van der Waals surface area contributed by atoms with E-state index in [0.717, 1.165) is 50.5 Å². The van der Waals surface area contributed by atoms with Gasteiger partial charge in [0.1, 0.15) is 0 Å². The van der Waals surface area contributed by atoms with Crippen LogP contribution in [0.25, 0.3) is 0 Å². The summed E-state index contributed by atoms with van der Waals surface area (Å²) in [6, 6.07) is 5.64. The summed E-state index contributed by atoms with van der Waals surface area (Å²) < 4.78 is 0. The maximum absolute atomic E-state index is 11.9. The monoisotopic (exact) mass is 356 g/mol. The molecule has 0 aliphatic carbocycles. The zero-order valence-electron chi connectivity index (χ0n) is 13.8. The number of nitrogens with zero attached hydrogens (tertiary/aromatic N) is 1. The zero-order valence-corrected chi connectivity index (χ0v) is 15.3. The summed E-state index contributed by atoms with van der Waals surface area (Å²) in [5, 5.41) is 4.16. The van der Waals surface area contributed by atoms with Gasteiger partial charge in [0.15, 0.2) is 0 Å². The van der Waals surface area contributed by atoms with Crippen molar-refractivity contribution in [2.45, 2.75) is 39.0 Å². The first-order valence-electron chi connectivity index (χ1n) is 8.47. The molecule has 1 aromatic rings. The molecular formula is C18H26Cl2N2O. The highest BCUT2D eigenvalue weighted by atomic mass is 35.5. The number of benzene rings is 1. The van der Waals surface area contributed by atoms with Gasteiger partial charge in [-0.3, -0.25) is 4.79 Å². The molecular weight excluding hydrogens is 331 g/mol. The lowest BCUT2D eigenvalue weighted by atomic mass is 9.99.